The maximum atomic E-state index is 15.1. The summed E-state index contributed by atoms with van der Waals surface area (Å²) in [5.41, 5.74) is 1.55. The molecule has 0 bridgehead atoms. The summed E-state index contributed by atoms with van der Waals surface area (Å²) >= 11 is 0. The number of hydrogen-bond acceptors (Lipinski definition) is 8. The molecule has 0 saturated carbocycles. The van der Waals surface area contributed by atoms with Crippen LogP contribution in [0.1, 0.15) is 18.0 Å². The van der Waals surface area contributed by atoms with Crippen molar-refractivity contribution in [1.29, 1.82) is 0 Å². The van der Waals surface area contributed by atoms with Crippen LogP contribution in [-0.4, -0.2) is 58.8 Å². The zero-order valence-electron chi connectivity index (χ0n) is 19.6. The Hall–Kier alpha value is -4.19. The first-order valence-corrected chi connectivity index (χ1v) is 11.6. The highest BCUT2D eigenvalue weighted by Crippen LogP contribution is 2.47. The van der Waals surface area contributed by atoms with Crippen molar-refractivity contribution in [2.75, 3.05) is 36.7 Å². The van der Waals surface area contributed by atoms with Gasteiger partial charge in [-0.1, -0.05) is 0 Å². The molecule has 190 valence electrons. The number of carbonyl (C=O) groups excluding carboxylic acids is 1. The van der Waals surface area contributed by atoms with E-state index in [9.17, 15) is 13.6 Å². The van der Waals surface area contributed by atoms with Crippen molar-refractivity contribution in [1.82, 2.24) is 19.5 Å². The third kappa shape index (κ3) is 3.67. The van der Waals surface area contributed by atoms with Gasteiger partial charge < -0.3 is 19.3 Å². The fourth-order valence-corrected chi connectivity index (χ4v) is 5.04. The van der Waals surface area contributed by atoms with Crippen molar-refractivity contribution < 1.29 is 27.4 Å². The molecule has 9 nitrogen and oxygen atoms in total. The van der Waals surface area contributed by atoms with E-state index in [0.717, 1.165) is 18.4 Å². The van der Waals surface area contributed by atoms with E-state index < -0.39 is 29.7 Å². The van der Waals surface area contributed by atoms with Gasteiger partial charge in [-0.3, -0.25) is 9.36 Å². The highest BCUT2D eigenvalue weighted by molar-refractivity contribution is 5.85. The van der Waals surface area contributed by atoms with Crippen LogP contribution >= 0.6 is 0 Å². The minimum Gasteiger partial charge on any atom is -0.490 e. The average molecular weight is 510 g/mol. The highest BCUT2D eigenvalue weighted by atomic mass is 19.1. The lowest BCUT2D eigenvalue weighted by molar-refractivity contribution is -0.109. The van der Waals surface area contributed by atoms with Gasteiger partial charge in [0, 0.05) is 26.1 Å². The van der Waals surface area contributed by atoms with Crippen LogP contribution in [-0.2, 0) is 9.53 Å². The number of ether oxygens (including phenoxy) is 2. The van der Waals surface area contributed by atoms with Crippen LogP contribution in [0.2, 0.25) is 0 Å². The number of imidazole rings is 1. The number of aldehydes is 1. The zero-order chi connectivity index (χ0) is 25.7. The second-order valence-electron chi connectivity index (χ2n) is 8.69. The van der Waals surface area contributed by atoms with Gasteiger partial charge in [-0.05, 0) is 24.3 Å². The van der Waals surface area contributed by atoms with E-state index in [0.29, 0.717) is 35.7 Å². The van der Waals surface area contributed by atoms with Crippen molar-refractivity contribution in [3.8, 4) is 11.7 Å². The van der Waals surface area contributed by atoms with Gasteiger partial charge in [0.2, 0.25) is 5.95 Å². The first kappa shape index (κ1) is 23.2. The minimum atomic E-state index is -0.884. The number of halogens is 3. The van der Waals surface area contributed by atoms with E-state index in [1.54, 1.807) is 29.2 Å². The molecule has 2 aromatic heterocycles. The largest absolute Gasteiger partial charge is 0.490 e. The van der Waals surface area contributed by atoms with Crippen LogP contribution in [0.4, 0.5) is 24.7 Å². The Labute approximate surface area is 209 Å². The first-order valence-electron chi connectivity index (χ1n) is 11.6. The van der Waals surface area contributed by atoms with E-state index in [-0.39, 0.29) is 30.3 Å². The Morgan fingerprint density at radius 2 is 2.00 bits per heavy atom. The van der Waals surface area contributed by atoms with Crippen LogP contribution < -0.4 is 14.5 Å². The highest BCUT2D eigenvalue weighted by Gasteiger charge is 2.44. The van der Waals surface area contributed by atoms with Gasteiger partial charge in [-0.25, -0.2) is 23.1 Å². The van der Waals surface area contributed by atoms with Gasteiger partial charge in [0.15, 0.2) is 29.8 Å². The second kappa shape index (κ2) is 9.04. The Kier molecular flexibility index (Phi) is 5.67. The number of hydrogen-bond donors (Lipinski definition) is 0. The van der Waals surface area contributed by atoms with E-state index >= 15 is 4.39 Å². The minimum absolute atomic E-state index is 0.0213. The molecule has 37 heavy (non-hydrogen) atoms. The molecule has 1 unspecified atom stereocenters. The summed E-state index contributed by atoms with van der Waals surface area (Å²) < 4.78 is 55.9. The van der Waals surface area contributed by atoms with Crippen molar-refractivity contribution in [2.45, 2.75) is 18.6 Å². The Bertz CT molecular complexity index is 1510. The molecule has 6 rings (SSSR count). The Morgan fingerprint density at radius 1 is 1.16 bits per heavy atom. The molecule has 0 spiro atoms. The van der Waals surface area contributed by atoms with Crippen LogP contribution in [0.5, 0.6) is 5.75 Å². The number of nitrogens with zero attached hydrogens (tertiary/aromatic N) is 6. The van der Waals surface area contributed by atoms with Crippen molar-refractivity contribution in [3.63, 3.8) is 0 Å². The van der Waals surface area contributed by atoms with Crippen molar-refractivity contribution in [3.05, 3.63) is 65.9 Å². The summed E-state index contributed by atoms with van der Waals surface area (Å²) in [6.07, 6.45) is 3.16. The molecular weight excluding hydrogens is 489 g/mol. The Balaban J connectivity index is 1.53. The predicted molar refractivity (Wildman–Crippen MR) is 127 cm³/mol. The monoisotopic (exact) mass is 510 g/mol. The molecule has 12 heteroatoms. The number of carbonyl (C=O) groups is 1. The smallest absolute Gasteiger partial charge is 0.237 e. The first-order chi connectivity index (χ1) is 18.0. The molecule has 0 N–H and O–H groups in total. The van der Waals surface area contributed by atoms with Gasteiger partial charge in [0.05, 0.1) is 42.0 Å². The van der Waals surface area contributed by atoms with Gasteiger partial charge in [-0.2, -0.15) is 4.98 Å². The van der Waals surface area contributed by atoms with Crippen molar-refractivity contribution in [2.24, 2.45) is 0 Å². The normalized spacial score (nSPS) is 18.6. The Morgan fingerprint density at radius 3 is 2.81 bits per heavy atom. The van der Waals surface area contributed by atoms with Crippen LogP contribution in [0.15, 0.2) is 42.9 Å². The van der Waals surface area contributed by atoms with Crippen LogP contribution in [0.25, 0.3) is 17.0 Å². The molecule has 0 fully saturated rings. The zero-order valence-corrected chi connectivity index (χ0v) is 19.6. The summed E-state index contributed by atoms with van der Waals surface area (Å²) in [5.74, 6) is -1.42. The maximum absolute atomic E-state index is 15.1. The van der Waals surface area contributed by atoms with E-state index in [1.807, 2.05) is 0 Å². The molecule has 4 heterocycles. The van der Waals surface area contributed by atoms with Crippen LogP contribution in [0, 0.1) is 17.5 Å². The predicted octanol–water partition coefficient (Wildman–Crippen LogP) is 3.55. The fourth-order valence-electron chi connectivity index (χ4n) is 5.04. The van der Waals surface area contributed by atoms with Gasteiger partial charge in [0.25, 0.3) is 0 Å². The van der Waals surface area contributed by atoms with Gasteiger partial charge in [-0.15, -0.1) is 0 Å². The third-order valence-electron chi connectivity index (χ3n) is 6.68. The quantitative estimate of drug-likeness (QED) is 0.364. The molecule has 4 aromatic rings. The molecule has 0 saturated heterocycles. The molecule has 2 atom stereocenters. The molecule has 0 radical (unpaired) electrons. The van der Waals surface area contributed by atoms with Crippen molar-refractivity contribution >= 4 is 28.8 Å². The number of benzene rings is 2. The molecule has 2 aliphatic rings. The topological polar surface area (TPSA) is 85.6 Å². The van der Waals surface area contributed by atoms with Crippen LogP contribution in [0.3, 0.4) is 0 Å². The summed E-state index contributed by atoms with van der Waals surface area (Å²) in [4.78, 5) is 29.4. The lowest BCUT2D eigenvalue weighted by Gasteiger charge is -2.37. The number of methoxy groups -OCH3 is 1. The summed E-state index contributed by atoms with van der Waals surface area (Å²) in [6.45, 7) is 0.752. The molecule has 0 amide bonds. The third-order valence-corrected chi connectivity index (χ3v) is 6.68. The lowest BCUT2D eigenvalue weighted by Crippen LogP contribution is -2.48. The standard InChI is InChI=1S/C25H21F3N6O3/c1-36-9-7-32-20-11-29-25(33-13-30-17-5-2-14(26)10-19(17)33)31-24(20)34(21(32)12-35)18-6-8-37-23-16(28)4-3-15(27)22(18)23/h2-5,10-13,18,21H,6-9H2,1H3/t18-,21?/m1/s1. The second-order valence-corrected chi connectivity index (χ2v) is 8.69. The molecular formula is C25H21F3N6O3. The van der Waals surface area contributed by atoms with E-state index in [4.69, 9.17) is 14.5 Å². The summed E-state index contributed by atoms with van der Waals surface area (Å²) in [7, 11) is 1.54. The lowest BCUT2D eigenvalue weighted by atomic mass is 9.97. The van der Waals surface area contributed by atoms with Gasteiger partial charge >= 0.3 is 0 Å². The van der Waals surface area contributed by atoms with E-state index in [1.165, 1.54) is 23.0 Å². The van der Waals surface area contributed by atoms with Gasteiger partial charge in [0.1, 0.15) is 23.6 Å². The molecule has 0 aliphatic carbocycles. The number of fused-ring (bicyclic) bond motifs is 3. The number of anilines is 2. The molecule has 2 aliphatic heterocycles. The fraction of sp³-hybridized carbons (Fsp3) is 0.280. The number of rotatable bonds is 6. The SMILES string of the molecule is COCCN1c2cnc(-n3cnc4ccc(F)cc43)nc2N([C@@H]2CCOc3c(F)ccc(F)c32)C1C=O. The summed E-state index contributed by atoms with van der Waals surface area (Å²) in [5, 5.41) is 0. The van der Waals surface area contributed by atoms with E-state index in [2.05, 4.69) is 9.97 Å². The molecule has 2 aromatic carbocycles. The average Bonchev–Trinajstić information content (AvgIpc) is 3.47. The summed E-state index contributed by atoms with van der Waals surface area (Å²) in [6, 6.07) is 5.49. The number of aromatic nitrogens is 4. The maximum Gasteiger partial charge on any atom is 0.237 e.